The summed E-state index contributed by atoms with van der Waals surface area (Å²) in [6.45, 7) is 2.19. The molecule has 0 aromatic heterocycles. The minimum atomic E-state index is 0.194. The Morgan fingerprint density at radius 2 is 1.12 bits per heavy atom. The van der Waals surface area contributed by atoms with Crippen LogP contribution in [0.25, 0.3) is 0 Å². The van der Waals surface area contributed by atoms with E-state index in [0.29, 0.717) is 17.8 Å². The van der Waals surface area contributed by atoms with Gasteiger partial charge in [-0.05, 0) is 130 Å². The number of hydrogen-bond donors (Lipinski definition) is 1. The van der Waals surface area contributed by atoms with Gasteiger partial charge in [0.2, 0.25) is 0 Å². The molecule has 0 aliphatic heterocycles. The molecule has 0 heterocycles. The number of aryl methyl sites for hydroxylation is 1. The third-order valence-corrected chi connectivity index (χ3v) is 12.9. The Balaban J connectivity index is 1.33. The molecule has 0 bridgehead atoms. The quantitative estimate of drug-likeness (QED) is 0.148. The highest BCUT2D eigenvalue weighted by molar-refractivity contribution is 7.80. The van der Waals surface area contributed by atoms with Gasteiger partial charge in [0.25, 0.3) is 0 Å². The van der Waals surface area contributed by atoms with E-state index in [0.717, 1.165) is 47.9 Å². The lowest BCUT2D eigenvalue weighted by Crippen LogP contribution is -2.20. The molecule has 10 rings (SSSR count). The summed E-state index contributed by atoms with van der Waals surface area (Å²) in [5, 5.41) is 0. The molecule has 6 atom stereocenters. The molecule has 4 radical (unpaired) electrons. The van der Waals surface area contributed by atoms with Gasteiger partial charge in [0, 0.05) is 22.6 Å². The average molecular weight is 645 g/mol. The van der Waals surface area contributed by atoms with Crippen LogP contribution in [0.3, 0.4) is 0 Å². The van der Waals surface area contributed by atoms with E-state index in [9.17, 15) is 0 Å². The molecule has 0 saturated heterocycles. The van der Waals surface area contributed by atoms with Crippen LogP contribution in [0.15, 0.2) is 120 Å². The second kappa shape index (κ2) is 11.3. The number of hydrogen-bond acceptors (Lipinski definition) is 1. The highest BCUT2D eigenvalue weighted by Gasteiger charge is 2.49. The van der Waals surface area contributed by atoms with Crippen molar-refractivity contribution < 1.29 is 0 Å². The Bertz CT molecular complexity index is 2230. The molecule has 0 spiro atoms. The van der Waals surface area contributed by atoms with Crippen molar-refractivity contribution in [3.8, 4) is 0 Å². The van der Waals surface area contributed by atoms with E-state index in [1.807, 2.05) is 0 Å². The van der Waals surface area contributed by atoms with Gasteiger partial charge in [-0.25, -0.2) is 0 Å². The van der Waals surface area contributed by atoms with E-state index in [4.69, 9.17) is 28.3 Å². The zero-order valence-corrected chi connectivity index (χ0v) is 28.9. The van der Waals surface area contributed by atoms with E-state index < -0.39 is 0 Å². The van der Waals surface area contributed by atoms with Crippen LogP contribution < -0.4 is 10.9 Å². The predicted molar refractivity (Wildman–Crippen MR) is 207 cm³/mol. The minimum absolute atomic E-state index is 0.194. The van der Waals surface area contributed by atoms with Gasteiger partial charge in [-0.2, -0.15) is 0 Å². The smallest absolute Gasteiger partial charge is 0.113 e. The molecule has 0 fully saturated rings. The van der Waals surface area contributed by atoms with Crippen molar-refractivity contribution in [2.24, 2.45) is 5.92 Å². The van der Waals surface area contributed by atoms with Gasteiger partial charge >= 0.3 is 0 Å². The Morgan fingerprint density at radius 3 is 1.71 bits per heavy atom. The molecular formula is C46H38B2S. The van der Waals surface area contributed by atoms with E-state index in [-0.39, 0.29) is 17.8 Å². The van der Waals surface area contributed by atoms with Crippen molar-refractivity contribution in [2.75, 3.05) is 0 Å². The molecular weight excluding hydrogens is 606 g/mol. The zero-order chi connectivity index (χ0) is 33.0. The summed E-state index contributed by atoms with van der Waals surface area (Å²) in [5.74, 6) is 1.65. The number of thiol groups is 1. The largest absolute Gasteiger partial charge is 0.143 e. The predicted octanol–water partition coefficient (Wildman–Crippen LogP) is 8.71. The first-order chi connectivity index (χ1) is 23.9. The van der Waals surface area contributed by atoms with Crippen LogP contribution in [0.2, 0.25) is 0 Å². The van der Waals surface area contributed by atoms with Gasteiger partial charge in [-0.15, -0.1) is 12.6 Å². The molecule has 0 saturated carbocycles. The number of rotatable bonds is 3. The summed E-state index contributed by atoms with van der Waals surface area (Å²) in [6, 6.07) is 34.7. The fourth-order valence-electron chi connectivity index (χ4n) is 10.9. The van der Waals surface area contributed by atoms with Gasteiger partial charge in [0.15, 0.2) is 0 Å². The summed E-state index contributed by atoms with van der Waals surface area (Å²) < 4.78 is 0. The SMILES string of the molecule is [B]c1cc2c3c(c1)C1c4c(cc(S)cc4C4c5c(cc([B])cc5C3C(c3ccccc3)C2)CC4c2ccc(C)cc2)CC1C1=CC=CCC1. The first kappa shape index (κ1) is 29.9. The highest BCUT2D eigenvalue weighted by Crippen LogP contribution is 2.62. The second-order valence-electron chi connectivity index (χ2n) is 15.4. The monoisotopic (exact) mass is 644 g/mol. The maximum Gasteiger partial charge on any atom is 0.113 e. The van der Waals surface area contributed by atoms with E-state index in [2.05, 4.69) is 116 Å². The molecule has 0 nitrogen and oxygen atoms in total. The zero-order valence-electron chi connectivity index (χ0n) is 28.0. The summed E-state index contributed by atoms with van der Waals surface area (Å²) in [5.41, 5.74) is 20.6. The van der Waals surface area contributed by atoms with Gasteiger partial charge < -0.3 is 0 Å². The molecule has 6 unspecified atom stereocenters. The lowest BCUT2D eigenvalue weighted by molar-refractivity contribution is 0.551. The third-order valence-electron chi connectivity index (χ3n) is 12.6. The van der Waals surface area contributed by atoms with Crippen LogP contribution in [-0.2, 0) is 19.3 Å². The van der Waals surface area contributed by atoms with Gasteiger partial charge in [0.05, 0.1) is 0 Å². The maximum absolute atomic E-state index is 6.93. The minimum Gasteiger partial charge on any atom is -0.143 e. The van der Waals surface area contributed by atoms with Crippen LogP contribution in [0.1, 0.15) is 109 Å². The molecule has 234 valence electrons. The van der Waals surface area contributed by atoms with Crippen LogP contribution >= 0.6 is 12.6 Å². The highest BCUT2D eigenvalue weighted by atomic mass is 32.1. The summed E-state index contributed by atoms with van der Waals surface area (Å²) in [6.07, 6.45) is 12.3. The van der Waals surface area contributed by atoms with Crippen LogP contribution in [0.4, 0.5) is 0 Å². The average Bonchev–Trinajstić information content (AvgIpc) is 3.80. The first-order valence-corrected chi connectivity index (χ1v) is 18.5. The molecule has 5 aromatic rings. The van der Waals surface area contributed by atoms with Crippen molar-refractivity contribution in [2.45, 2.75) is 73.5 Å². The Hall–Kier alpha value is -3.94. The van der Waals surface area contributed by atoms with Gasteiger partial charge in [0.1, 0.15) is 15.7 Å². The van der Waals surface area contributed by atoms with Crippen molar-refractivity contribution in [3.05, 3.63) is 182 Å². The van der Waals surface area contributed by atoms with E-state index in [1.54, 1.807) is 5.57 Å². The topological polar surface area (TPSA) is 0 Å². The Morgan fingerprint density at radius 1 is 0.592 bits per heavy atom. The Labute approximate surface area is 299 Å². The number of allylic oxidation sites excluding steroid dienone is 4. The van der Waals surface area contributed by atoms with Crippen LogP contribution in [0, 0.1) is 12.8 Å². The van der Waals surface area contributed by atoms with E-state index in [1.165, 1.54) is 66.8 Å². The molecule has 3 heteroatoms. The lowest BCUT2D eigenvalue weighted by atomic mass is 9.72. The first-order valence-electron chi connectivity index (χ1n) is 18.1. The normalized spacial score (nSPS) is 25.6. The Kier molecular flexibility index (Phi) is 6.90. The summed E-state index contributed by atoms with van der Waals surface area (Å²) in [4.78, 5) is 1.07. The third kappa shape index (κ3) is 4.61. The lowest BCUT2D eigenvalue weighted by Gasteiger charge is -2.30. The molecule has 5 aliphatic carbocycles. The number of fused-ring (bicyclic) bond motifs is 3. The second-order valence-corrected chi connectivity index (χ2v) is 15.9. The van der Waals surface area contributed by atoms with Crippen LogP contribution in [0.5, 0.6) is 0 Å². The fraction of sp³-hybridized carbons (Fsp3) is 0.261. The maximum atomic E-state index is 6.93. The summed E-state index contributed by atoms with van der Waals surface area (Å²) >= 11 is 5.13. The van der Waals surface area contributed by atoms with Crippen LogP contribution in [-0.4, -0.2) is 15.7 Å². The molecule has 5 aliphatic rings. The summed E-state index contributed by atoms with van der Waals surface area (Å²) in [7, 11) is 13.9. The fourth-order valence-corrected chi connectivity index (χ4v) is 11.2. The molecule has 0 amide bonds. The standard InChI is InChI=1S/C46H38B2S/c1-25-12-14-28(15-13-25)37-20-30-17-33(48)23-39-42(30)46(37)40-24-34(49)18-31-21-36(27-10-6-3-7-11-27)45(43(31)40)38-22-32(47)16-29-19-35(44(39)41(29)38)26-8-4-2-5-9-26/h2-6,8-10,12-18,22-24,35-37,44-46,49H,7,11,19-21H2,1H3. The van der Waals surface area contributed by atoms with Crippen molar-refractivity contribution in [1.29, 1.82) is 0 Å². The van der Waals surface area contributed by atoms with E-state index >= 15 is 0 Å². The molecule has 49 heavy (non-hydrogen) atoms. The van der Waals surface area contributed by atoms with Crippen molar-refractivity contribution in [3.63, 3.8) is 0 Å². The molecule has 5 aromatic carbocycles. The van der Waals surface area contributed by atoms with Gasteiger partial charge in [-0.3, -0.25) is 0 Å². The number of benzene rings is 5. The van der Waals surface area contributed by atoms with Gasteiger partial charge in [-0.1, -0.05) is 119 Å². The molecule has 0 N–H and O–H groups in total. The van der Waals surface area contributed by atoms with Crippen molar-refractivity contribution in [1.82, 2.24) is 0 Å². The van der Waals surface area contributed by atoms with Crippen molar-refractivity contribution >= 4 is 39.2 Å².